The van der Waals surface area contributed by atoms with Crippen LogP contribution in [0.4, 0.5) is 0 Å². The van der Waals surface area contributed by atoms with Crippen molar-refractivity contribution in [3.8, 4) is 0 Å². The molecule has 1 aliphatic rings. The highest BCUT2D eigenvalue weighted by molar-refractivity contribution is 5.76. The zero-order valence-corrected chi connectivity index (χ0v) is 46.4. The van der Waals surface area contributed by atoms with Crippen molar-refractivity contribution >= 4 is 11.9 Å². The van der Waals surface area contributed by atoms with Crippen LogP contribution >= 0.6 is 0 Å². The molecule has 0 aromatic rings. The summed E-state index contributed by atoms with van der Waals surface area (Å²) >= 11 is 0. The number of hydrogen-bond donors (Lipinski definition) is 6. The lowest BCUT2D eigenvalue weighted by molar-refractivity contribution is -0.302. The van der Waals surface area contributed by atoms with Gasteiger partial charge in [0, 0.05) is 12.8 Å². The SMILES string of the molecule is C/C=C/CC/C=C/CC/C=C/C(O)C(COC1OC(CO)C(O)C(O)C1O)NC(=O)CCCCCCCCCCCCCCCCCCCCCCCCCCOC(=O)CCCCCCCCCCCCC. The first-order valence-electron chi connectivity index (χ1n) is 30.2. The Bertz CT molecular complexity index is 1290. The largest absolute Gasteiger partial charge is 0.466 e. The summed E-state index contributed by atoms with van der Waals surface area (Å²) in [5.41, 5.74) is 0. The maximum atomic E-state index is 13.0. The summed E-state index contributed by atoms with van der Waals surface area (Å²) in [7, 11) is 0. The lowest BCUT2D eigenvalue weighted by atomic mass is 9.99. The van der Waals surface area contributed by atoms with E-state index in [0.29, 0.717) is 19.4 Å². The summed E-state index contributed by atoms with van der Waals surface area (Å²) in [6.07, 6.45) is 52.8. The van der Waals surface area contributed by atoms with E-state index in [0.717, 1.165) is 64.2 Å². The van der Waals surface area contributed by atoms with Crippen molar-refractivity contribution < 1.29 is 49.3 Å². The highest BCUT2D eigenvalue weighted by Crippen LogP contribution is 2.23. The third kappa shape index (κ3) is 40.2. The Labute approximate surface area is 441 Å². The monoisotopic (exact) mass is 1020 g/mol. The maximum absolute atomic E-state index is 13.0. The van der Waals surface area contributed by atoms with Crippen LogP contribution in [0.3, 0.4) is 0 Å². The highest BCUT2D eigenvalue weighted by Gasteiger charge is 2.44. The highest BCUT2D eigenvalue weighted by atomic mass is 16.7. The van der Waals surface area contributed by atoms with E-state index in [1.165, 1.54) is 186 Å². The number of nitrogens with one attached hydrogen (secondary N) is 1. The number of aliphatic hydroxyl groups is 5. The lowest BCUT2D eigenvalue weighted by Crippen LogP contribution is -2.60. The average Bonchev–Trinajstić information content (AvgIpc) is 3.38. The number of allylic oxidation sites excluding steroid dienone is 5. The van der Waals surface area contributed by atoms with Gasteiger partial charge in [0.25, 0.3) is 0 Å². The van der Waals surface area contributed by atoms with Gasteiger partial charge in [-0.15, -0.1) is 0 Å². The summed E-state index contributed by atoms with van der Waals surface area (Å²) in [4.78, 5) is 25.0. The molecule has 0 spiro atoms. The van der Waals surface area contributed by atoms with Crippen molar-refractivity contribution in [1.82, 2.24) is 5.32 Å². The molecule has 1 heterocycles. The van der Waals surface area contributed by atoms with Crippen molar-refractivity contribution in [2.75, 3.05) is 19.8 Å². The average molecular weight is 1020 g/mol. The summed E-state index contributed by atoms with van der Waals surface area (Å²) in [6, 6.07) is -0.832. The zero-order chi connectivity index (χ0) is 52.4. The van der Waals surface area contributed by atoms with Gasteiger partial charge in [0.05, 0.1) is 32.0 Å². The van der Waals surface area contributed by atoms with Crippen LogP contribution in [0.1, 0.15) is 277 Å². The quantitative estimate of drug-likeness (QED) is 0.0195. The third-order valence-electron chi connectivity index (χ3n) is 14.3. The molecule has 0 bridgehead atoms. The molecule has 0 aromatic heterocycles. The number of hydrogen-bond acceptors (Lipinski definition) is 10. The number of carbonyl (C=O) groups is 2. The fraction of sp³-hybridized carbons (Fsp3) is 0.869. The minimum atomic E-state index is -1.58. The Morgan fingerprint density at radius 3 is 1.38 bits per heavy atom. The van der Waals surface area contributed by atoms with Crippen molar-refractivity contribution in [3.63, 3.8) is 0 Å². The van der Waals surface area contributed by atoms with Crippen LogP contribution < -0.4 is 5.32 Å². The first-order valence-corrected chi connectivity index (χ1v) is 30.2. The number of rotatable bonds is 52. The molecule has 0 aromatic carbocycles. The van der Waals surface area contributed by atoms with Crippen molar-refractivity contribution in [2.24, 2.45) is 0 Å². The summed E-state index contributed by atoms with van der Waals surface area (Å²) < 4.78 is 16.6. The maximum Gasteiger partial charge on any atom is 0.305 e. The van der Waals surface area contributed by atoms with Gasteiger partial charge in [-0.05, 0) is 51.9 Å². The van der Waals surface area contributed by atoms with E-state index in [-0.39, 0.29) is 18.5 Å². The normalized spacial score (nSPS) is 19.2. The molecular formula is C61H113NO10. The molecule has 0 radical (unpaired) electrons. The number of unbranched alkanes of at least 4 members (excludes halogenated alkanes) is 35. The van der Waals surface area contributed by atoms with Crippen LogP contribution in [0.5, 0.6) is 0 Å². The molecular weight excluding hydrogens is 907 g/mol. The van der Waals surface area contributed by atoms with Gasteiger partial charge in [-0.3, -0.25) is 9.59 Å². The second kappa shape index (κ2) is 51.0. The Balaban J connectivity index is 1.98. The second-order valence-corrected chi connectivity index (χ2v) is 21.1. The molecule has 1 rings (SSSR count). The van der Waals surface area contributed by atoms with Gasteiger partial charge < -0.3 is 45.1 Å². The fourth-order valence-corrected chi connectivity index (χ4v) is 9.53. The van der Waals surface area contributed by atoms with Gasteiger partial charge in [-0.25, -0.2) is 0 Å². The molecule has 72 heavy (non-hydrogen) atoms. The van der Waals surface area contributed by atoms with Gasteiger partial charge in [-0.1, -0.05) is 249 Å². The Kier molecular flexibility index (Phi) is 48.1. The molecule has 6 N–H and O–H groups in total. The summed E-state index contributed by atoms with van der Waals surface area (Å²) in [5.74, 6) is -0.195. The number of aliphatic hydroxyl groups excluding tert-OH is 5. The Morgan fingerprint density at radius 1 is 0.528 bits per heavy atom. The van der Waals surface area contributed by atoms with Gasteiger partial charge in [-0.2, -0.15) is 0 Å². The predicted molar refractivity (Wildman–Crippen MR) is 297 cm³/mol. The summed E-state index contributed by atoms with van der Waals surface area (Å²) in [6.45, 7) is 4.09. The second-order valence-electron chi connectivity index (χ2n) is 21.1. The van der Waals surface area contributed by atoms with E-state index >= 15 is 0 Å². The van der Waals surface area contributed by atoms with E-state index in [9.17, 15) is 35.1 Å². The minimum Gasteiger partial charge on any atom is -0.466 e. The molecule has 1 aliphatic heterocycles. The number of carbonyl (C=O) groups excluding carboxylic acids is 2. The standard InChI is InChI=1S/C61H113NO10/c1-3-5-7-9-11-13-28-33-37-41-45-49-57(66)70-50-46-42-38-34-30-27-25-23-21-19-17-15-14-16-18-20-22-24-26-29-32-36-40-44-48-56(65)62-53(54(64)47-43-39-35-31-12-10-8-6-4-2)52-71-61-60(69)59(68)58(67)55(51-63)72-61/h4,6,12,31,43,47,53-55,58-61,63-64,67-69H,3,5,7-11,13-30,32-42,44-46,48-52H2,1-2H3,(H,62,65)/b6-4+,31-12+,47-43+. The van der Waals surface area contributed by atoms with Crippen LogP contribution in [-0.2, 0) is 23.8 Å². The Morgan fingerprint density at radius 2 is 0.931 bits per heavy atom. The molecule has 7 unspecified atom stereocenters. The molecule has 1 fully saturated rings. The third-order valence-corrected chi connectivity index (χ3v) is 14.3. The minimum absolute atomic E-state index is 0.00302. The molecule has 0 saturated carbocycles. The van der Waals surface area contributed by atoms with Crippen LogP contribution in [0.25, 0.3) is 0 Å². The first-order chi connectivity index (χ1) is 35.2. The van der Waals surface area contributed by atoms with Crippen LogP contribution in [0.15, 0.2) is 36.5 Å². The molecule has 422 valence electrons. The van der Waals surface area contributed by atoms with E-state index in [1.54, 1.807) is 6.08 Å². The van der Waals surface area contributed by atoms with E-state index < -0.39 is 49.5 Å². The van der Waals surface area contributed by atoms with E-state index in [2.05, 4.69) is 30.5 Å². The van der Waals surface area contributed by atoms with Crippen molar-refractivity contribution in [2.45, 2.75) is 320 Å². The van der Waals surface area contributed by atoms with Crippen LogP contribution in [0, 0.1) is 0 Å². The molecule has 11 heteroatoms. The number of ether oxygens (including phenoxy) is 3. The zero-order valence-electron chi connectivity index (χ0n) is 46.4. The molecule has 1 saturated heterocycles. The van der Waals surface area contributed by atoms with Crippen molar-refractivity contribution in [1.29, 1.82) is 0 Å². The van der Waals surface area contributed by atoms with Gasteiger partial charge in [0.2, 0.25) is 5.91 Å². The molecule has 7 atom stereocenters. The van der Waals surface area contributed by atoms with Crippen molar-refractivity contribution in [3.05, 3.63) is 36.5 Å². The van der Waals surface area contributed by atoms with Gasteiger partial charge in [0.1, 0.15) is 24.4 Å². The Hall–Kier alpha value is -2.12. The molecule has 0 aliphatic carbocycles. The van der Waals surface area contributed by atoms with Crippen LogP contribution in [-0.4, -0.2) is 100 Å². The first kappa shape index (κ1) is 67.9. The number of amides is 1. The molecule has 11 nitrogen and oxygen atoms in total. The van der Waals surface area contributed by atoms with E-state index in [4.69, 9.17) is 14.2 Å². The fourth-order valence-electron chi connectivity index (χ4n) is 9.53. The number of esters is 1. The van der Waals surface area contributed by atoms with Gasteiger partial charge >= 0.3 is 5.97 Å². The predicted octanol–water partition coefficient (Wildman–Crippen LogP) is 13.9. The lowest BCUT2D eigenvalue weighted by Gasteiger charge is -2.40. The molecule has 1 amide bonds. The summed E-state index contributed by atoms with van der Waals surface area (Å²) in [5, 5.41) is 54.1. The topological polar surface area (TPSA) is 175 Å². The van der Waals surface area contributed by atoms with E-state index in [1.807, 2.05) is 19.1 Å². The van der Waals surface area contributed by atoms with Crippen LogP contribution in [0.2, 0.25) is 0 Å². The smallest absolute Gasteiger partial charge is 0.305 e. The van der Waals surface area contributed by atoms with Gasteiger partial charge in [0.15, 0.2) is 6.29 Å².